The maximum atomic E-state index is 12.8. The molecule has 4 heteroatoms. The van der Waals surface area contributed by atoms with Crippen LogP contribution in [0.1, 0.15) is 46.0 Å². The van der Waals surface area contributed by atoms with Gasteiger partial charge in [-0.1, -0.05) is 13.3 Å². The van der Waals surface area contributed by atoms with Crippen molar-refractivity contribution in [3.63, 3.8) is 0 Å². The van der Waals surface area contributed by atoms with E-state index in [1.54, 1.807) is 0 Å². The largest absolute Gasteiger partial charge is 0.377 e. The van der Waals surface area contributed by atoms with E-state index >= 15 is 0 Å². The lowest BCUT2D eigenvalue weighted by Crippen LogP contribution is -2.48. The van der Waals surface area contributed by atoms with Crippen molar-refractivity contribution >= 4 is 10.8 Å². The summed E-state index contributed by atoms with van der Waals surface area (Å²) in [4.78, 5) is 0. The Kier molecular flexibility index (Phi) is 5.22. The fraction of sp³-hybridized carbons (Fsp3) is 1.00. The summed E-state index contributed by atoms with van der Waals surface area (Å²) in [5.74, 6) is 0.765. The van der Waals surface area contributed by atoms with Crippen LogP contribution in [0, 0.1) is 5.92 Å². The van der Waals surface area contributed by atoms with Crippen LogP contribution in [-0.2, 0) is 15.5 Å². The minimum absolute atomic E-state index is 0.172. The molecule has 106 valence electrons. The summed E-state index contributed by atoms with van der Waals surface area (Å²) in [6, 6.07) is 0.432. The van der Waals surface area contributed by atoms with Gasteiger partial charge >= 0.3 is 0 Å². The van der Waals surface area contributed by atoms with Crippen LogP contribution in [0.15, 0.2) is 0 Å². The number of rotatable bonds is 4. The van der Waals surface area contributed by atoms with Gasteiger partial charge in [-0.25, -0.2) is 0 Å². The first-order valence-electron chi connectivity index (χ1n) is 7.35. The smallest absolute Gasteiger partial charge is 0.0691 e. The molecule has 1 saturated heterocycles. The Balaban J connectivity index is 2.05. The molecule has 1 saturated carbocycles. The molecule has 0 aromatic heterocycles. The zero-order chi connectivity index (χ0) is 13.1. The average molecular weight is 273 g/mol. The highest BCUT2D eigenvalue weighted by atomic mass is 32.2. The Morgan fingerprint density at radius 1 is 1.28 bits per heavy atom. The van der Waals surface area contributed by atoms with E-state index in [9.17, 15) is 4.21 Å². The Bertz CT molecular complexity index is 298. The summed E-state index contributed by atoms with van der Waals surface area (Å²) < 4.78 is 18.4. The van der Waals surface area contributed by atoms with Crippen molar-refractivity contribution in [1.29, 1.82) is 0 Å². The third-order valence-corrected chi connectivity index (χ3v) is 7.09. The summed E-state index contributed by atoms with van der Waals surface area (Å²) in [6.45, 7) is 5.11. The minimum Gasteiger partial charge on any atom is -0.377 e. The summed E-state index contributed by atoms with van der Waals surface area (Å²) in [7, 11) is 1.26. The molecule has 0 spiro atoms. The van der Waals surface area contributed by atoms with E-state index < -0.39 is 10.8 Å². The van der Waals surface area contributed by atoms with Crippen molar-refractivity contribution in [2.45, 2.75) is 68.6 Å². The Morgan fingerprint density at radius 3 is 2.61 bits per heavy atom. The molecule has 2 rings (SSSR count). The highest BCUT2D eigenvalue weighted by Crippen LogP contribution is 2.33. The maximum Gasteiger partial charge on any atom is 0.0691 e. The molecule has 6 atom stereocenters. The first kappa shape index (κ1) is 14.5. The standard InChI is InChI=1S/C14H27NO2S/c1-4-11-5-6-12(15-3)14(9-11)18(16)13-7-8-17-10(13)2/h10-15H,4-9H2,1-3H3. The molecule has 0 radical (unpaired) electrons. The topological polar surface area (TPSA) is 38.3 Å². The first-order valence-corrected chi connectivity index (χ1v) is 8.63. The van der Waals surface area contributed by atoms with Gasteiger partial charge in [0.25, 0.3) is 0 Å². The van der Waals surface area contributed by atoms with Gasteiger partial charge in [-0.15, -0.1) is 0 Å². The van der Waals surface area contributed by atoms with E-state index in [0.29, 0.717) is 11.3 Å². The molecule has 1 heterocycles. The molecule has 18 heavy (non-hydrogen) atoms. The van der Waals surface area contributed by atoms with E-state index in [1.165, 1.54) is 19.3 Å². The molecule has 2 aliphatic rings. The van der Waals surface area contributed by atoms with Gasteiger partial charge in [0.2, 0.25) is 0 Å². The highest BCUT2D eigenvalue weighted by Gasteiger charge is 2.39. The van der Waals surface area contributed by atoms with Crippen LogP contribution >= 0.6 is 0 Å². The van der Waals surface area contributed by atoms with E-state index in [4.69, 9.17) is 4.74 Å². The molecule has 2 fully saturated rings. The van der Waals surface area contributed by atoms with Gasteiger partial charge in [-0.3, -0.25) is 4.21 Å². The lowest BCUT2D eigenvalue weighted by Gasteiger charge is -2.36. The monoisotopic (exact) mass is 273 g/mol. The van der Waals surface area contributed by atoms with Crippen molar-refractivity contribution in [2.75, 3.05) is 13.7 Å². The SMILES string of the molecule is CCC1CCC(NC)C(S(=O)C2CCOC2C)C1. The zero-order valence-corrected chi connectivity index (χ0v) is 12.7. The molecule has 0 aromatic rings. The van der Waals surface area contributed by atoms with Crippen molar-refractivity contribution < 1.29 is 8.95 Å². The molecule has 3 nitrogen and oxygen atoms in total. The molecular formula is C14H27NO2S. The van der Waals surface area contributed by atoms with E-state index in [-0.39, 0.29) is 11.4 Å². The Morgan fingerprint density at radius 2 is 2.06 bits per heavy atom. The third-order valence-electron chi connectivity index (χ3n) is 4.75. The molecule has 0 bridgehead atoms. The van der Waals surface area contributed by atoms with Crippen LogP contribution in [-0.4, -0.2) is 40.5 Å². The lowest BCUT2D eigenvalue weighted by molar-refractivity contribution is 0.126. The number of hydrogen-bond donors (Lipinski definition) is 1. The van der Waals surface area contributed by atoms with Crippen LogP contribution in [0.25, 0.3) is 0 Å². The van der Waals surface area contributed by atoms with Gasteiger partial charge in [0.15, 0.2) is 0 Å². The minimum atomic E-state index is -0.752. The van der Waals surface area contributed by atoms with Gasteiger partial charge in [0.1, 0.15) is 0 Å². The van der Waals surface area contributed by atoms with Crippen molar-refractivity contribution in [3.8, 4) is 0 Å². The van der Waals surface area contributed by atoms with Crippen LogP contribution in [0.4, 0.5) is 0 Å². The second kappa shape index (κ2) is 6.49. The van der Waals surface area contributed by atoms with Gasteiger partial charge < -0.3 is 10.1 Å². The second-order valence-corrected chi connectivity index (χ2v) is 7.62. The Hall–Kier alpha value is 0.0700. The molecule has 1 N–H and O–H groups in total. The number of hydrogen-bond acceptors (Lipinski definition) is 3. The molecule has 6 unspecified atom stereocenters. The summed E-state index contributed by atoms with van der Waals surface area (Å²) >= 11 is 0. The second-order valence-electron chi connectivity index (χ2n) is 5.75. The fourth-order valence-electron chi connectivity index (χ4n) is 3.41. The summed E-state index contributed by atoms with van der Waals surface area (Å²) in [5.41, 5.74) is 0. The van der Waals surface area contributed by atoms with E-state index in [2.05, 4.69) is 19.2 Å². The van der Waals surface area contributed by atoms with Gasteiger partial charge in [0, 0.05) is 23.4 Å². The lowest BCUT2D eigenvalue weighted by atomic mass is 9.84. The van der Waals surface area contributed by atoms with Crippen LogP contribution in [0.5, 0.6) is 0 Å². The van der Waals surface area contributed by atoms with E-state index in [1.807, 2.05) is 7.05 Å². The van der Waals surface area contributed by atoms with Crippen LogP contribution < -0.4 is 5.32 Å². The predicted octanol–water partition coefficient (Wildman–Crippen LogP) is 2.08. The van der Waals surface area contributed by atoms with Crippen molar-refractivity contribution in [2.24, 2.45) is 5.92 Å². The molecule has 0 aromatic carbocycles. The average Bonchev–Trinajstić information content (AvgIpc) is 2.83. The maximum absolute atomic E-state index is 12.8. The van der Waals surface area contributed by atoms with Gasteiger partial charge in [0.05, 0.1) is 16.6 Å². The predicted molar refractivity (Wildman–Crippen MR) is 76.2 cm³/mol. The van der Waals surface area contributed by atoms with Gasteiger partial charge in [-0.2, -0.15) is 0 Å². The Labute approximate surface area is 114 Å². The number of ether oxygens (including phenoxy) is 1. The fourth-order valence-corrected chi connectivity index (χ4v) is 5.70. The normalized spacial score (nSPS) is 42.9. The molecule has 1 aliphatic heterocycles. The third kappa shape index (κ3) is 2.97. The van der Waals surface area contributed by atoms with Crippen LogP contribution in [0.3, 0.4) is 0 Å². The summed E-state index contributed by atoms with van der Waals surface area (Å²) in [6.07, 6.45) is 5.95. The number of nitrogens with one attached hydrogen (secondary N) is 1. The van der Waals surface area contributed by atoms with Gasteiger partial charge in [-0.05, 0) is 45.6 Å². The molecule has 0 amide bonds. The van der Waals surface area contributed by atoms with E-state index in [0.717, 1.165) is 25.4 Å². The highest BCUT2D eigenvalue weighted by molar-refractivity contribution is 7.86. The first-order chi connectivity index (χ1) is 8.67. The molecule has 1 aliphatic carbocycles. The van der Waals surface area contributed by atoms with Crippen molar-refractivity contribution in [3.05, 3.63) is 0 Å². The zero-order valence-electron chi connectivity index (χ0n) is 11.9. The summed E-state index contributed by atoms with van der Waals surface area (Å²) in [5, 5.41) is 3.96. The molecular weight excluding hydrogens is 246 g/mol. The quantitative estimate of drug-likeness (QED) is 0.852. The van der Waals surface area contributed by atoms with Crippen molar-refractivity contribution in [1.82, 2.24) is 5.32 Å². The van der Waals surface area contributed by atoms with Crippen LogP contribution in [0.2, 0.25) is 0 Å².